The van der Waals surface area contributed by atoms with E-state index in [1.165, 1.54) is 0 Å². The first-order valence-electron chi connectivity index (χ1n) is 19.4. The monoisotopic (exact) mass is 785 g/mol. The molecule has 2 heterocycles. The standard InChI is InChI=1S/C41H63N5O10/c1-27(2)33-37(48)42-17-18-52-19-20-53-21-22-54-23-24-55-31-15-13-30(14-16-31)26-43-35(39(50)45-33)36(47)32(25-29-11-9-8-10-12-29)44-38(49)34(28(3)4)46-40(51)56-41(5,6)7/h8-16,27-28,32-36,43,47H,17-26H2,1-7H3,(H,42,48)(H,44,49)(H,45,50)(H,46,51)/t32-,33-,34-,35+,36+/m0/s1. The molecule has 0 saturated carbocycles. The fourth-order valence-corrected chi connectivity index (χ4v) is 5.79. The first kappa shape index (κ1) is 46.1. The van der Waals surface area contributed by atoms with Crippen molar-refractivity contribution < 1.29 is 48.0 Å². The number of carbonyl (C=O) groups is 4. The second kappa shape index (κ2) is 23.7. The first-order chi connectivity index (χ1) is 26.6. The third-order valence-electron chi connectivity index (χ3n) is 8.77. The quantitative estimate of drug-likeness (QED) is 0.205. The number of hydrogen-bond donors (Lipinski definition) is 6. The number of alkyl carbamates (subject to hydrolysis) is 1. The number of amides is 4. The van der Waals surface area contributed by atoms with E-state index in [0.717, 1.165) is 11.1 Å². The van der Waals surface area contributed by atoms with E-state index in [2.05, 4.69) is 26.6 Å². The van der Waals surface area contributed by atoms with Crippen molar-refractivity contribution in [2.75, 3.05) is 52.8 Å². The third kappa shape index (κ3) is 16.8. The van der Waals surface area contributed by atoms with E-state index < -0.39 is 59.7 Å². The van der Waals surface area contributed by atoms with Crippen molar-refractivity contribution in [3.63, 3.8) is 0 Å². The predicted octanol–water partition coefficient (Wildman–Crippen LogP) is 2.48. The minimum Gasteiger partial charge on any atom is -0.491 e. The van der Waals surface area contributed by atoms with Gasteiger partial charge in [0.05, 0.1) is 51.8 Å². The summed E-state index contributed by atoms with van der Waals surface area (Å²) in [5, 5.41) is 26.6. The molecule has 0 spiro atoms. The Kier molecular flexibility index (Phi) is 19.5. The average Bonchev–Trinajstić information content (AvgIpc) is 3.14. The Balaban J connectivity index is 1.94. The molecule has 0 aromatic heterocycles. The third-order valence-corrected chi connectivity index (χ3v) is 8.77. The van der Waals surface area contributed by atoms with Crippen molar-refractivity contribution in [2.24, 2.45) is 11.8 Å². The molecular weight excluding hydrogens is 722 g/mol. The minimum atomic E-state index is -1.51. The van der Waals surface area contributed by atoms with Gasteiger partial charge in [0.25, 0.3) is 0 Å². The van der Waals surface area contributed by atoms with E-state index in [-0.39, 0.29) is 38.0 Å². The van der Waals surface area contributed by atoms with Crippen LogP contribution in [-0.4, -0.2) is 118 Å². The van der Waals surface area contributed by atoms with Crippen LogP contribution >= 0.6 is 0 Å². The van der Waals surface area contributed by atoms with Gasteiger partial charge >= 0.3 is 6.09 Å². The Hall–Kier alpha value is -4.28. The van der Waals surface area contributed by atoms with Crippen molar-refractivity contribution in [1.82, 2.24) is 26.6 Å². The van der Waals surface area contributed by atoms with Gasteiger partial charge < -0.3 is 50.1 Å². The Morgan fingerprint density at radius 3 is 2.02 bits per heavy atom. The number of aliphatic hydroxyl groups is 1. The molecule has 2 aliphatic heterocycles. The van der Waals surface area contributed by atoms with Gasteiger partial charge in [-0.2, -0.15) is 0 Å². The summed E-state index contributed by atoms with van der Waals surface area (Å²) in [7, 11) is 0. The van der Waals surface area contributed by atoms with E-state index in [1.807, 2.05) is 56.3 Å². The van der Waals surface area contributed by atoms with Crippen molar-refractivity contribution in [3.8, 4) is 5.75 Å². The Morgan fingerprint density at radius 2 is 1.43 bits per heavy atom. The van der Waals surface area contributed by atoms with Crippen molar-refractivity contribution in [1.29, 1.82) is 0 Å². The molecule has 0 fully saturated rings. The molecule has 2 aromatic rings. The van der Waals surface area contributed by atoms with Gasteiger partial charge in [0.2, 0.25) is 17.7 Å². The molecule has 312 valence electrons. The number of nitrogens with one attached hydrogen (secondary N) is 5. The molecule has 15 heteroatoms. The number of hydrogen-bond acceptors (Lipinski definition) is 11. The van der Waals surface area contributed by atoms with Crippen molar-refractivity contribution in [2.45, 2.75) is 97.3 Å². The summed E-state index contributed by atoms with van der Waals surface area (Å²) in [4.78, 5) is 54.3. The molecule has 2 aromatic carbocycles. The average molecular weight is 786 g/mol. The van der Waals surface area contributed by atoms with Gasteiger partial charge in [-0.25, -0.2) is 4.79 Å². The second-order valence-electron chi connectivity index (χ2n) is 15.4. The Labute approximate surface area is 331 Å². The zero-order chi connectivity index (χ0) is 41.1. The molecule has 4 amide bonds. The zero-order valence-corrected chi connectivity index (χ0v) is 33.9. The van der Waals surface area contributed by atoms with Crippen LogP contribution in [0.4, 0.5) is 4.79 Å². The maximum absolute atomic E-state index is 14.3. The maximum Gasteiger partial charge on any atom is 0.408 e. The summed E-state index contributed by atoms with van der Waals surface area (Å²) >= 11 is 0. The lowest BCUT2D eigenvalue weighted by atomic mass is 9.93. The van der Waals surface area contributed by atoms with Gasteiger partial charge in [-0.3, -0.25) is 19.7 Å². The lowest BCUT2D eigenvalue weighted by Crippen LogP contribution is -2.63. The van der Waals surface area contributed by atoms with E-state index >= 15 is 0 Å². The molecule has 0 aliphatic carbocycles. The lowest BCUT2D eigenvalue weighted by Gasteiger charge is -2.34. The second-order valence-corrected chi connectivity index (χ2v) is 15.4. The molecule has 5 atom stereocenters. The van der Waals surface area contributed by atoms with Crippen LogP contribution in [0.5, 0.6) is 5.75 Å². The molecule has 56 heavy (non-hydrogen) atoms. The number of rotatable bonds is 9. The molecule has 15 nitrogen and oxygen atoms in total. The highest BCUT2D eigenvalue weighted by molar-refractivity contribution is 5.90. The van der Waals surface area contributed by atoms with E-state index in [4.69, 9.17) is 23.7 Å². The lowest BCUT2D eigenvalue weighted by molar-refractivity contribution is -0.134. The molecule has 4 rings (SSSR count). The Bertz CT molecular complexity index is 1490. The van der Waals surface area contributed by atoms with Crippen molar-refractivity contribution in [3.05, 3.63) is 65.7 Å². The van der Waals surface area contributed by atoms with Gasteiger partial charge in [0.1, 0.15) is 36.1 Å². The summed E-state index contributed by atoms with van der Waals surface area (Å²) in [6.45, 7) is 15.2. The topological polar surface area (TPSA) is 195 Å². The van der Waals surface area contributed by atoms with Gasteiger partial charge in [-0.1, -0.05) is 70.2 Å². The van der Waals surface area contributed by atoms with Crippen LogP contribution in [0.2, 0.25) is 0 Å². The van der Waals surface area contributed by atoms with E-state index in [9.17, 15) is 24.3 Å². The summed E-state index contributed by atoms with van der Waals surface area (Å²) < 4.78 is 27.9. The number of aliphatic hydroxyl groups excluding tert-OH is 1. The zero-order valence-electron chi connectivity index (χ0n) is 33.9. The van der Waals surface area contributed by atoms with Gasteiger partial charge in [0.15, 0.2) is 0 Å². The van der Waals surface area contributed by atoms with E-state index in [1.54, 1.807) is 46.8 Å². The molecular formula is C41H63N5O10. The van der Waals surface area contributed by atoms with Crippen LogP contribution in [-0.2, 0) is 46.3 Å². The highest BCUT2D eigenvalue weighted by Crippen LogP contribution is 2.16. The largest absolute Gasteiger partial charge is 0.491 e. The SMILES string of the molecule is CC(C)[C@H](NC(=O)OC(C)(C)C)C(=O)N[C@@H](Cc1ccccc1)[C@@H](O)[C@H]1NCc2ccc(cc2)OCCOCCOCCOCCNC(=O)[C@H](C(C)C)NC1=O. The number of fused-ring (bicyclic) bond motifs is 21. The molecule has 0 unspecified atom stereocenters. The Morgan fingerprint density at radius 1 is 0.821 bits per heavy atom. The van der Waals surface area contributed by atoms with Crippen LogP contribution in [0.1, 0.15) is 59.6 Å². The van der Waals surface area contributed by atoms with Crippen LogP contribution in [0.3, 0.4) is 0 Å². The molecule has 0 radical (unpaired) electrons. The molecule has 2 aliphatic rings. The normalized spacial score (nSPS) is 20.4. The molecule has 0 saturated heterocycles. The summed E-state index contributed by atoms with van der Waals surface area (Å²) in [6.07, 6.45) is -2.13. The smallest absolute Gasteiger partial charge is 0.408 e. The van der Waals surface area contributed by atoms with Gasteiger partial charge in [-0.15, -0.1) is 0 Å². The highest BCUT2D eigenvalue weighted by Gasteiger charge is 2.38. The minimum absolute atomic E-state index is 0.144. The van der Waals surface area contributed by atoms with Crippen LogP contribution in [0, 0.1) is 11.8 Å². The maximum atomic E-state index is 14.3. The first-order valence-corrected chi connectivity index (χ1v) is 19.4. The van der Waals surface area contributed by atoms with Crippen LogP contribution < -0.4 is 31.3 Å². The molecule has 2 bridgehead atoms. The van der Waals surface area contributed by atoms with Crippen LogP contribution in [0.25, 0.3) is 0 Å². The number of benzene rings is 2. The summed E-state index contributed by atoms with van der Waals surface area (Å²) in [5.41, 5.74) is 0.786. The van der Waals surface area contributed by atoms with Crippen molar-refractivity contribution >= 4 is 23.8 Å². The van der Waals surface area contributed by atoms with Gasteiger partial charge in [-0.05, 0) is 62.3 Å². The van der Waals surface area contributed by atoms with E-state index in [0.29, 0.717) is 45.4 Å². The fourth-order valence-electron chi connectivity index (χ4n) is 5.79. The van der Waals surface area contributed by atoms with Gasteiger partial charge in [0, 0.05) is 13.1 Å². The predicted molar refractivity (Wildman–Crippen MR) is 211 cm³/mol. The summed E-state index contributed by atoms with van der Waals surface area (Å²) in [5.74, 6) is -1.66. The summed E-state index contributed by atoms with van der Waals surface area (Å²) in [6, 6.07) is 12.2. The number of carbonyl (C=O) groups excluding carboxylic acids is 4. The van der Waals surface area contributed by atoms with Crippen LogP contribution in [0.15, 0.2) is 54.6 Å². The highest BCUT2D eigenvalue weighted by atomic mass is 16.6. The number of ether oxygens (including phenoxy) is 5. The fraction of sp³-hybridized carbons (Fsp3) is 0.610. The molecule has 6 N–H and O–H groups in total.